The molecule has 0 amide bonds. The zero-order valence-corrected chi connectivity index (χ0v) is 22.4. The Labute approximate surface area is 190 Å². The summed E-state index contributed by atoms with van der Waals surface area (Å²) in [5.74, 6) is 0.251. The fourth-order valence-corrected chi connectivity index (χ4v) is 4.69. The molecule has 0 aliphatic heterocycles. The van der Waals surface area contributed by atoms with Crippen LogP contribution in [0.2, 0.25) is 18.1 Å². The lowest BCUT2D eigenvalue weighted by Gasteiger charge is -2.39. The average molecular weight is 437 g/mol. The highest BCUT2D eigenvalue weighted by molar-refractivity contribution is 6.74. The quantitative estimate of drug-likeness (QED) is 0.122. The van der Waals surface area contributed by atoms with Gasteiger partial charge in [0.2, 0.25) is 0 Å². The van der Waals surface area contributed by atoms with Gasteiger partial charge in [0.25, 0.3) is 0 Å². The number of hydrogen-bond donors (Lipinski definition) is 0. The molecule has 0 aromatic heterocycles. The van der Waals surface area contributed by atoms with E-state index in [4.69, 9.17) is 4.43 Å². The molecule has 0 heterocycles. The summed E-state index contributed by atoms with van der Waals surface area (Å²) in [5.41, 5.74) is 0. The molecule has 0 aliphatic rings. The number of Topliss-reactive ketones (excluding diaryl/α,β-unsaturated/α-hetero) is 1. The first-order valence-corrected chi connectivity index (χ1v) is 15.5. The minimum atomic E-state index is -1.81. The van der Waals surface area contributed by atoms with Gasteiger partial charge in [-0.2, -0.15) is 0 Å². The van der Waals surface area contributed by atoms with Crippen LogP contribution < -0.4 is 0 Å². The lowest BCUT2D eigenvalue weighted by molar-refractivity contribution is -0.118. The fraction of sp³-hybridized carbons (Fsp3) is 0.815. The van der Waals surface area contributed by atoms with E-state index in [2.05, 4.69) is 65.1 Å². The Kier molecular flexibility index (Phi) is 16.6. The smallest absolute Gasteiger partial charge is 0.192 e. The van der Waals surface area contributed by atoms with Gasteiger partial charge in [0, 0.05) is 6.42 Å². The highest BCUT2D eigenvalue weighted by Gasteiger charge is 2.39. The van der Waals surface area contributed by atoms with Crippen molar-refractivity contribution in [2.75, 3.05) is 0 Å². The third-order valence-corrected chi connectivity index (χ3v) is 10.8. The predicted octanol–water partition coefficient (Wildman–Crippen LogP) is 9.17. The Morgan fingerprint density at radius 2 is 1.40 bits per heavy atom. The summed E-state index contributed by atoms with van der Waals surface area (Å²) in [6.45, 7) is 15.3. The van der Waals surface area contributed by atoms with Gasteiger partial charge in [-0.1, -0.05) is 90.5 Å². The molecule has 1 atom stereocenters. The van der Waals surface area contributed by atoms with Crippen LogP contribution in [0.3, 0.4) is 0 Å². The molecule has 0 bridgehead atoms. The van der Waals surface area contributed by atoms with Gasteiger partial charge in [0.15, 0.2) is 8.32 Å². The van der Waals surface area contributed by atoms with Crippen molar-refractivity contribution in [1.82, 2.24) is 0 Å². The van der Waals surface area contributed by atoms with E-state index in [-0.39, 0.29) is 16.9 Å². The molecule has 176 valence electrons. The van der Waals surface area contributed by atoms with E-state index >= 15 is 0 Å². The highest BCUT2D eigenvalue weighted by Crippen LogP contribution is 2.38. The SMILES string of the molecule is CCCCC/C=C\C/C=C\CCCCCCCC(CC(C)=O)O[Si](C)(C)C(C)(C)C. The summed E-state index contributed by atoms with van der Waals surface area (Å²) in [7, 11) is -1.81. The molecule has 0 fully saturated rings. The molecule has 0 N–H and O–H groups in total. The number of carbonyl (C=O) groups is 1. The van der Waals surface area contributed by atoms with Gasteiger partial charge in [-0.15, -0.1) is 0 Å². The summed E-state index contributed by atoms with van der Waals surface area (Å²) in [6, 6.07) is 0. The number of unbranched alkanes of at least 4 members (excludes halogenated alkanes) is 8. The Morgan fingerprint density at radius 1 is 0.867 bits per heavy atom. The molecule has 0 aliphatic carbocycles. The van der Waals surface area contributed by atoms with Crippen LogP contribution in [0.5, 0.6) is 0 Å². The van der Waals surface area contributed by atoms with Crippen LogP contribution in [-0.2, 0) is 9.22 Å². The van der Waals surface area contributed by atoms with Crippen molar-refractivity contribution in [2.24, 2.45) is 0 Å². The van der Waals surface area contributed by atoms with Gasteiger partial charge in [0.1, 0.15) is 5.78 Å². The zero-order chi connectivity index (χ0) is 22.9. The Morgan fingerprint density at radius 3 is 1.93 bits per heavy atom. The molecule has 3 heteroatoms. The van der Waals surface area contributed by atoms with Crippen LogP contribution in [0.15, 0.2) is 24.3 Å². The second kappa shape index (κ2) is 16.9. The maximum Gasteiger partial charge on any atom is 0.192 e. The first-order chi connectivity index (χ1) is 14.1. The van der Waals surface area contributed by atoms with Crippen molar-refractivity contribution < 1.29 is 9.22 Å². The second-order valence-corrected chi connectivity index (χ2v) is 15.2. The van der Waals surface area contributed by atoms with Crippen LogP contribution in [0, 0.1) is 0 Å². The van der Waals surface area contributed by atoms with Gasteiger partial charge in [-0.05, 0) is 63.6 Å². The van der Waals surface area contributed by atoms with E-state index < -0.39 is 8.32 Å². The summed E-state index contributed by atoms with van der Waals surface area (Å²) in [4.78, 5) is 11.7. The van der Waals surface area contributed by atoms with Crippen LogP contribution in [0.25, 0.3) is 0 Å². The van der Waals surface area contributed by atoms with E-state index in [1.807, 2.05) is 0 Å². The highest BCUT2D eigenvalue weighted by atomic mass is 28.4. The van der Waals surface area contributed by atoms with Gasteiger partial charge in [-0.25, -0.2) is 0 Å². The summed E-state index contributed by atoms with van der Waals surface area (Å²) in [5, 5.41) is 0.195. The van der Waals surface area contributed by atoms with Crippen LogP contribution >= 0.6 is 0 Å². The van der Waals surface area contributed by atoms with Crippen molar-refractivity contribution in [2.45, 2.75) is 142 Å². The predicted molar refractivity (Wildman–Crippen MR) is 137 cm³/mol. The van der Waals surface area contributed by atoms with Crippen molar-refractivity contribution in [3.63, 3.8) is 0 Å². The summed E-state index contributed by atoms with van der Waals surface area (Å²) < 4.78 is 6.54. The van der Waals surface area contributed by atoms with Crippen LogP contribution in [-0.4, -0.2) is 20.2 Å². The second-order valence-electron chi connectivity index (χ2n) is 10.4. The third kappa shape index (κ3) is 16.1. The third-order valence-electron chi connectivity index (χ3n) is 6.26. The minimum absolute atomic E-state index is 0.112. The molecular weight excluding hydrogens is 384 g/mol. The average Bonchev–Trinajstić information content (AvgIpc) is 2.63. The molecular formula is C27H52O2Si. The molecule has 30 heavy (non-hydrogen) atoms. The fourth-order valence-electron chi connectivity index (χ4n) is 3.30. The number of hydrogen-bond acceptors (Lipinski definition) is 2. The Bertz CT molecular complexity index is 486. The van der Waals surface area contributed by atoms with Crippen molar-refractivity contribution in [1.29, 1.82) is 0 Å². The van der Waals surface area contributed by atoms with Crippen LogP contribution in [0.4, 0.5) is 0 Å². The first-order valence-electron chi connectivity index (χ1n) is 12.6. The minimum Gasteiger partial charge on any atom is -0.413 e. The first kappa shape index (κ1) is 29.3. The van der Waals surface area contributed by atoms with E-state index in [0.717, 1.165) is 12.8 Å². The summed E-state index contributed by atoms with van der Waals surface area (Å²) in [6.07, 6.45) is 24.8. The van der Waals surface area contributed by atoms with Crippen molar-refractivity contribution in [3.05, 3.63) is 24.3 Å². The lowest BCUT2D eigenvalue weighted by atomic mass is 10.0. The zero-order valence-electron chi connectivity index (χ0n) is 21.4. The number of ketones is 1. The molecule has 2 nitrogen and oxygen atoms in total. The van der Waals surface area contributed by atoms with Gasteiger partial charge in [-0.3, -0.25) is 4.79 Å². The maximum absolute atomic E-state index is 11.7. The molecule has 0 aromatic carbocycles. The molecule has 0 saturated carbocycles. The molecule has 0 aromatic rings. The van der Waals surface area contributed by atoms with Crippen LogP contribution in [0.1, 0.15) is 118 Å². The van der Waals surface area contributed by atoms with Gasteiger partial charge >= 0.3 is 0 Å². The lowest BCUT2D eigenvalue weighted by Crippen LogP contribution is -2.44. The van der Waals surface area contributed by atoms with E-state index in [1.165, 1.54) is 64.2 Å². The van der Waals surface area contributed by atoms with Gasteiger partial charge in [0.05, 0.1) is 6.10 Å². The van der Waals surface area contributed by atoms with Crippen molar-refractivity contribution in [3.8, 4) is 0 Å². The molecule has 0 radical (unpaired) electrons. The molecule has 0 spiro atoms. The molecule has 0 saturated heterocycles. The largest absolute Gasteiger partial charge is 0.413 e. The standard InChI is InChI=1S/C27H52O2Si/c1-8-9-10-11-12-13-14-15-16-17-18-19-20-21-22-23-26(24-25(2)28)29-30(6,7)27(3,4)5/h12-13,15-16,26H,8-11,14,17-24H2,1-7H3/b13-12-,16-15-. The Balaban J connectivity index is 3.89. The number of allylic oxidation sites excluding steroid dienone is 4. The van der Waals surface area contributed by atoms with E-state index in [9.17, 15) is 4.79 Å². The van der Waals surface area contributed by atoms with Gasteiger partial charge < -0.3 is 4.43 Å². The number of carbonyl (C=O) groups excluding carboxylic acids is 1. The topological polar surface area (TPSA) is 26.3 Å². The summed E-state index contributed by atoms with van der Waals surface area (Å²) >= 11 is 0. The normalized spacial score (nSPS) is 14.1. The van der Waals surface area contributed by atoms with E-state index in [1.54, 1.807) is 6.92 Å². The Hall–Kier alpha value is -0.673. The monoisotopic (exact) mass is 436 g/mol. The maximum atomic E-state index is 11.7. The molecule has 1 unspecified atom stereocenters. The van der Waals surface area contributed by atoms with E-state index in [0.29, 0.717) is 6.42 Å². The number of rotatable bonds is 18. The van der Waals surface area contributed by atoms with Crippen molar-refractivity contribution >= 4 is 14.1 Å². The molecule has 0 rings (SSSR count).